The summed E-state index contributed by atoms with van der Waals surface area (Å²) in [5, 5.41) is 3.45. The van der Waals surface area contributed by atoms with Crippen LogP contribution in [0.3, 0.4) is 0 Å². The van der Waals surface area contributed by atoms with Gasteiger partial charge < -0.3 is 14.8 Å². The second kappa shape index (κ2) is 9.62. The lowest BCUT2D eigenvalue weighted by Crippen LogP contribution is -2.15. The van der Waals surface area contributed by atoms with Crippen molar-refractivity contribution < 1.29 is 9.47 Å². The van der Waals surface area contributed by atoms with Gasteiger partial charge in [0.05, 0.1) is 18.5 Å². The molecular formula is C15H26N2O2. The van der Waals surface area contributed by atoms with Gasteiger partial charge in [0.1, 0.15) is 6.61 Å². The highest BCUT2D eigenvalue weighted by Gasteiger charge is 2.02. The van der Waals surface area contributed by atoms with Crippen molar-refractivity contribution in [2.45, 2.75) is 45.6 Å². The molecule has 1 aromatic rings. The summed E-state index contributed by atoms with van der Waals surface area (Å²) in [5.41, 5.74) is 1.04. The molecule has 1 heterocycles. The number of rotatable bonds is 10. The van der Waals surface area contributed by atoms with E-state index in [2.05, 4.69) is 24.1 Å². The van der Waals surface area contributed by atoms with Crippen LogP contribution in [0.4, 0.5) is 5.69 Å². The summed E-state index contributed by atoms with van der Waals surface area (Å²) >= 11 is 0. The van der Waals surface area contributed by atoms with Crippen molar-refractivity contribution in [2.75, 3.05) is 25.6 Å². The molecule has 0 spiro atoms. The minimum absolute atomic E-state index is 0.480. The number of anilines is 1. The van der Waals surface area contributed by atoms with E-state index < -0.39 is 0 Å². The van der Waals surface area contributed by atoms with Crippen LogP contribution in [0.1, 0.15) is 39.5 Å². The normalized spacial score (nSPS) is 12.2. The van der Waals surface area contributed by atoms with Gasteiger partial charge in [-0.25, -0.2) is 4.98 Å². The van der Waals surface area contributed by atoms with Gasteiger partial charge >= 0.3 is 0 Å². The molecule has 0 amide bonds. The van der Waals surface area contributed by atoms with E-state index >= 15 is 0 Å². The number of ether oxygens (including phenoxy) is 2. The third kappa shape index (κ3) is 7.01. The predicted octanol–water partition coefficient (Wildman–Crippen LogP) is 3.49. The highest BCUT2D eigenvalue weighted by Crippen LogP contribution is 2.14. The molecule has 0 saturated heterocycles. The SMILES string of the molecule is CCCCCC(C)Nc1ccc(OCCOC)nc1. The number of aromatic nitrogens is 1. The van der Waals surface area contributed by atoms with E-state index in [9.17, 15) is 0 Å². The molecule has 0 aliphatic carbocycles. The third-order valence-electron chi connectivity index (χ3n) is 2.93. The summed E-state index contributed by atoms with van der Waals surface area (Å²) in [6, 6.07) is 4.37. The fourth-order valence-electron chi connectivity index (χ4n) is 1.84. The standard InChI is InChI=1S/C15H26N2O2/c1-4-5-6-7-13(2)17-14-8-9-15(16-12-14)19-11-10-18-3/h8-9,12-13,17H,4-7,10-11H2,1-3H3. The maximum Gasteiger partial charge on any atom is 0.213 e. The van der Waals surface area contributed by atoms with Crippen molar-refractivity contribution in [3.8, 4) is 5.88 Å². The van der Waals surface area contributed by atoms with Crippen LogP contribution in [0.25, 0.3) is 0 Å². The lowest BCUT2D eigenvalue weighted by Gasteiger charge is -2.15. The largest absolute Gasteiger partial charge is 0.475 e. The molecule has 1 rings (SSSR count). The van der Waals surface area contributed by atoms with E-state index in [1.165, 1.54) is 25.7 Å². The van der Waals surface area contributed by atoms with Gasteiger partial charge in [-0.3, -0.25) is 0 Å². The topological polar surface area (TPSA) is 43.4 Å². The number of nitrogens with zero attached hydrogens (tertiary/aromatic N) is 1. The Bertz CT molecular complexity index is 327. The fourth-order valence-corrected chi connectivity index (χ4v) is 1.84. The molecule has 1 N–H and O–H groups in total. The molecule has 0 fully saturated rings. The van der Waals surface area contributed by atoms with E-state index in [4.69, 9.17) is 9.47 Å². The fraction of sp³-hybridized carbons (Fsp3) is 0.667. The smallest absolute Gasteiger partial charge is 0.213 e. The summed E-state index contributed by atoms with van der Waals surface area (Å²) in [6.45, 7) is 5.54. The van der Waals surface area contributed by atoms with Crippen LogP contribution in [0.5, 0.6) is 5.88 Å². The minimum atomic E-state index is 0.480. The summed E-state index contributed by atoms with van der Waals surface area (Å²) in [4.78, 5) is 4.26. The lowest BCUT2D eigenvalue weighted by atomic mass is 10.1. The molecule has 19 heavy (non-hydrogen) atoms. The summed E-state index contributed by atoms with van der Waals surface area (Å²) in [7, 11) is 1.66. The van der Waals surface area contributed by atoms with Crippen LogP contribution in [0.15, 0.2) is 18.3 Å². The van der Waals surface area contributed by atoms with Crippen LogP contribution in [-0.2, 0) is 4.74 Å². The molecular weight excluding hydrogens is 240 g/mol. The Balaban J connectivity index is 2.30. The zero-order valence-electron chi connectivity index (χ0n) is 12.3. The van der Waals surface area contributed by atoms with Crippen LogP contribution in [-0.4, -0.2) is 31.3 Å². The summed E-state index contributed by atoms with van der Waals surface area (Å²) in [5.74, 6) is 0.640. The second-order valence-corrected chi connectivity index (χ2v) is 4.77. The molecule has 0 radical (unpaired) electrons. The number of unbranched alkanes of at least 4 members (excludes halogenated alkanes) is 2. The number of hydrogen-bond acceptors (Lipinski definition) is 4. The average molecular weight is 266 g/mol. The van der Waals surface area contributed by atoms with Gasteiger partial charge in [-0.2, -0.15) is 0 Å². The molecule has 1 atom stereocenters. The number of pyridine rings is 1. The number of methoxy groups -OCH3 is 1. The first kappa shape index (κ1) is 15.8. The van der Waals surface area contributed by atoms with Crippen molar-refractivity contribution in [1.29, 1.82) is 0 Å². The highest BCUT2D eigenvalue weighted by atomic mass is 16.5. The van der Waals surface area contributed by atoms with Crippen molar-refractivity contribution in [2.24, 2.45) is 0 Å². The third-order valence-corrected chi connectivity index (χ3v) is 2.93. The van der Waals surface area contributed by atoms with Crippen LogP contribution >= 0.6 is 0 Å². The maximum absolute atomic E-state index is 5.42. The molecule has 1 unspecified atom stereocenters. The zero-order chi connectivity index (χ0) is 13.9. The molecule has 4 heteroatoms. The maximum atomic E-state index is 5.42. The van der Waals surface area contributed by atoms with Gasteiger partial charge in [0.15, 0.2) is 0 Å². The first-order chi connectivity index (χ1) is 9.26. The van der Waals surface area contributed by atoms with Crippen molar-refractivity contribution >= 4 is 5.69 Å². The Morgan fingerprint density at radius 3 is 2.74 bits per heavy atom. The summed E-state index contributed by atoms with van der Waals surface area (Å²) < 4.78 is 10.3. The Hall–Kier alpha value is -1.29. The van der Waals surface area contributed by atoms with E-state index in [1.54, 1.807) is 7.11 Å². The Kier molecular flexibility index (Phi) is 7.98. The number of nitrogens with one attached hydrogen (secondary N) is 1. The molecule has 1 aromatic heterocycles. The second-order valence-electron chi connectivity index (χ2n) is 4.77. The Labute approximate surface area is 116 Å². The van der Waals surface area contributed by atoms with Gasteiger partial charge in [0, 0.05) is 19.2 Å². The van der Waals surface area contributed by atoms with Gasteiger partial charge in [0.2, 0.25) is 5.88 Å². The molecule has 108 valence electrons. The Morgan fingerprint density at radius 1 is 1.26 bits per heavy atom. The summed E-state index contributed by atoms with van der Waals surface area (Å²) in [6.07, 6.45) is 6.85. The molecule has 0 bridgehead atoms. The minimum Gasteiger partial charge on any atom is -0.475 e. The molecule has 0 aromatic carbocycles. The molecule has 0 aliphatic rings. The van der Waals surface area contributed by atoms with E-state index in [0.29, 0.717) is 25.1 Å². The van der Waals surface area contributed by atoms with Gasteiger partial charge in [-0.15, -0.1) is 0 Å². The van der Waals surface area contributed by atoms with Gasteiger partial charge in [0.25, 0.3) is 0 Å². The van der Waals surface area contributed by atoms with Crippen molar-refractivity contribution in [1.82, 2.24) is 4.98 Å². The van der Waals surface area contributed by atoms with Crippen molar-refractivity contribution in [3.63, 3.8) is 0 Å². The highest BCUT2D eigenvalue weighted by molar-refractivity contribution is 5.42. The molecule has 0 aliphatic heterocycles. The van der Waals surface area contributed by atoms with Gasteiger partial charge in [-0.05, 0) is 19.4 Å². The first-order valence-electron chi connectivity index (χ1n) is 7.10. The van der Waals surface area contributed by atoms with Crippen LogP contribution in [0, 0.1) is 0 Å². The van der Waals surface area contributed by atoms with E-state index in [1.807, 2.05) is 18.3 Å². The quantitative estimate of drug-likeness (QED) is 0.658. The van der Waals surface area contributed by atoms with E-state index in [0.717, 1.165) is 5.69 Å². The first-order valence-corrected chi connectivity index (χ1v) is 7.10. The number of hydrogen-bond donors (Lipinski definition) is 1. The zero-order valence-corrected chi connectivity index (χ0v) is 12.3. The monoisotopic (exact) mass is 266 g/mol. The van der Waals surface area contributed by atoms with E-state index in [-0.39, 0.29) is 0 Å². The Morgan fingerprint density at radius 2 is 2.11 bits per heavy atom. The van der Waals surface area contributed by atoms with Gasteiger partial charge in [-0.1, -0.05) is 26.2 Å². The van der Waals surface area contributed by atoms with Crippen LogP contribution < -0.4 is 10.1 Å². The average Bonchev–Trinajstić information content (AvgIpc) is 2.41. The van der Waals surface area contributed by atoms with Crippen molar-refractivity contribution in [3.05, 3.63) is 18.3 Å². The molecule has 0 saturated carbocycles. The lowest BCUT2D eigenvalue weighted by molar-refractivity contribution is 0.144. The van der Waals surface area contributed by atoms with Crippen LogP contribution in [0.2, 0.25) is 0 Å². The molecule has 4 nitrogen and oxygen atoms in total. The predicted molar refractivity (Wildman–Crippen MR) is 78.8 cm³/mol.